The summed E-state index contributed by atoms with van der Waals surface area (Å²) in [6, 6.07) is 4.35. The molecule has 1 rings (SSSR count). The van der Waals surface area contributed by atoms with E-state index in [9.17, 15) is 9.50 Å². The minimum atomic E-state index is -0.339. The van der Waals surface area contributed by atoms with Crippen LogP contribution in [0.1, 0.15) is 32.4 Å². The average Bonchev–Trinajstić information content (AvgIpc) is 2.24. The molecule has 0 amide bonds. The highest BCUT2D eigenvalue weighted by Gasteiger charge is 2.17. The normalized spacial score (nSPS) is 15.0. The van der Waals surface area contributed by atoms with Crippen molar-refractivity contribution in [2.45, 2.75) is 32.9 Å². The number of nitrogens with one attached hydrogen (secondary N) is 1. The summed E-state index contributed by atoms with van der Waals surface area (Å²) in [6.45, 7) is 6.09. The largest absolute Gasteiger partial charge is 0.395 e. The van der Waals surface area contributed by atoms with E-state index in [1.54, 1.807) is 6.07 Å². The van der Waals surface area contributed by atoms with Crippen molar-refractivity contribution in [3.05, 3.63) is 34.6 Å². The first-order valence-corrected chi connectivity index (χ1v) is 6.15. The van der Waals surface area contributed by atoms with Gasteiger partial charge in [0.05, 0.1) is 6.61 Å². The van der Waals surface area contributed by atoms with Gasteiger partial charge in [-0.2, -0.15) is 0 Å². The Morgan fingerprint density at radius 2 is 2.00 bits per heavy atom. The maximum absolute atomic E-state index is 12.9. The lowest BCUT2D eigenvalue weighted by atomic mass is 10.0. The van der Waals surface area contributed by atoms with Crippen LogP contribution in [0.2, 0.25) is 5.02 Å². The highest BCUT2D eigenvalue weighted by atomic mass is 35.5. The van der Waals surface area contributed by atoms with Gasteiger partial charge < -0.3 is 10.4 Å². The zero-order chi connectivity index (χ0) is 13.0. The molecular weight excluding hydrogens is 241 g/mol. The summed E-state index contributed by atoms with van der Waals surface area (Å²) >= 11 is 5.99. The predicted molar refractivity (Wildman–Crippen MR) is 68.7 cm³/mol. The third kappa shape index (κ3) is 3.95. The van der Waals surface area contributed by atoms with Crippen LogP contribution in [0.15, 0.2) is 18.2 Å². The summed E-state index contributed by atoms with van der Waals surface area (Å²) in [4.78, 5) is 0. The Morgan fingerprint density at radius 1 is 1.35 bits per heavy atom. The minimum Gasteiger partial charge on any atom is -0.395 e. The van der Waals surface area contributed by atoms with E-state index in [-0.39, 0.29) is 24.5 Å². The second-order valence-electron chi connectivity index (χ2n) is 4.59. The lowest BCUT2D eigenvalue weighted by molar-refractivity contribution is 0.201. The number of rotatable bonds is 5. The van der Waals surface area contributed by atoms with Gasteiger partial charge in [-0.15, -0.1) is 0 Å². The highest BCUT2D eigenvalue weighted by molar-refractivity contribution is 6.31. The molecule has 1 aromatic carbocycles. The van der Waals surface area contributed by atoms with Crippen molar-refractivity contribution < 1.29 is 9.50 Å². The average molecular weight is 260 g/mol. The molecule has 2 nitrogen and oxygen atoms in total. The third-order valence-corrected chi connectivity index (χ3v) is 3.22. The van der Waals surface area contributed by atoms with Gasteiger partial charge in [0.2, 0.25) is 0 Å². The Morgan fingerprint density at radius 3 is 2.47 bits per heavy atom. The number of hydrogen-bond donors (Lipinski definition) is 2. The van der Waals surface area contributed by atoms with Gasteiger partial charge in [-0.05, 0) is 30.5 Å². The number of benzene rings is 1. The lowest BCUT2D eigenvalue weighted by Gasteiger charge is -2.25. The minimum absolute atomic E-state index is 0.00567. The van der Waals surface area contributed by atoms with Gasteiger partial charge in [0.25, 0.3) is 0 Å². The molecule has 17 heavy (non-hydrogen) atoms. The van der Waals surface area contributed by atoms with Crippen molar-refractivity contribution >= 4 is 11.6 Å². The zero-order valence-corrected chi connectivity index (χ0v) is 11.1. The molecule has 96 valence electrons. The van der Waals surface area contributed by atoms with Crippen LogP contribution in [0.25, 0.3) is 0 Å². The van der Waals surface area contributed by atoms with Gasteiger partial charge in [0.15, 0.2) is 0 Å². The van der Waals surface area contributed by atoms with Crippen molar-refractivity contribution in [2.24, 2.45) is 5.92 Å². The van der Waals surface area contributed by atoms with E-state index in [0.29, 0.717) is 10.9 Å². The summed E-state index contributed by atoms with van der Waals surface area (Å²) in [5, 5.41) is 12.9. The van der Waals surface area contributed by atoms with Crippen LogP contribution in [0, 0.1) is 11.7 Å². The summed E-state index contributed by atoms with van der Waals surface area (Å²) < 4.78 is 12.9. The summed E-state index contributed by atoms with van der Waals surface area (Å²) in [5.74, 6) is -0.0183. The molecule has 0 aliphatic heterocycles. The van der Waals surface area contributed by atoms with Crippen LogP contribution in [-0.4, -0.2) is 17.8 Å². The van der Waals surface area contributed by atoms with Crippen molar-refractivity contribution in [2.75, 3.05) is 6.61 Å². The Hall–Kier alpha value is -0.640. The summed E-state index contributed by atoms with van der Waals surface area (Å²) in [5.41, 5.74) is 0.840. The van der Waals surface area contributed by atoms with Gasteiger partial charge in [-0.3, -0.25) is 0 Å². The fourth-order valence-corrected chi connectivity index (χ4v) is 2.05. The van der Waals surface area contributed by atoms with Crippen LogP contribution < -0.4 is 5.32 Å². The van der Waals surface area contributed by atoms with E-state index in [1.165, 1.54) is 12.1 Å². The van der Waals surface area contributed by atoms with Gasteiger partial charge >= 0.3 is 0 Å². The highest BCUT2D eigenvalue weighted by Crippen LogP contribution is 2.24. The van der Waals surface area contributed by atoms with Crippen molar-refractivity contribution in [1.82, 2.24) is 5.32 Å². The van der Waals surface area contributed by atoms with Crippen LogP contribution >= 0.6 is 11.6 Å². The van der Waals surface area contributed by atoms with E-state index in [1.807, 2.05) is 20.8 Å². The quantitative estimate of drug-likeness (QED) is 0.852. The molecule has 0 bridgehead atoms. The zero-order valence-electron chi connectivity index (χ0n) is 10.4. The maximum atomic E-state index is 12.9. The molecule has 1 aromatic rings. The SMILES string of the molecule is CC(N[C@H](CO)C(C)C)c1ccc(F)cc1Cl. The fraction of sp³-hybridized carbons (Fsp3) is 0.538. The number of aliphatic hydroxyl groups excluding tert-OH is 1. The lowest BCUT2D eigenvalue weighted by Crippen LogP contribution is -2.38. The molecule has 0 fully saturated rings. The first kappa shape index (κ1) is 14.4. The second-order valence-corrected chi connectivity index (χ2v) is 4.99. The first-order valence-electron chi connectivity index (χ1n) is 5.77. The Bertz CT molecular complexity index is 370. The maximum Gasteiger partial charge on any atom is 0.124 e. The van der Waals surface area contributed by atoms with Gasteiger partial charge in [0.1, 0.15) is 5.82 Å². The number of hydrogen-bond acceptors (Lipinski definition) is 2. The Kier molecular flexibility index (Phi) is 5.37. The predicted octanol–water partition coefficient (Wildman–Crippen LogP) is 3.15. The molecule has 1 unspecified atom stereocenters. The smallest absolute Gasteiger partial charge is 0.124 e. The number of aliphatic hydroxyl groups is 1. The molecule has 4 heteroatoms. The summed E-state index contributed by atoms with van der Waals surface area (Å²) in [6.07, 6.45) is 0. The summed E-state index contributed by atoms with van der Waals surface area (Å²) in [7, 11) is 0. The second kappa shape index (κ2) is 6.34. The third-order valence-electron chi connectivity index (χ3n) is 2.89. The van der Waals surface area contributed by atoms with E-state index in [4.69, 9.17) is 11.6 Å². The molecule has 0 radical (unpaired) electrons. The first-order chi connectivity index (χ1) is 7.95. The molecular formula is C13H19ClFNO. The molecule has 0 aliphatic carbocycles. The molecule has 2 atom stereocenters. The molecule has 2 N–H and O–H groups in total. The van der Waals surface area contributed by atoms with Crippen molar-refractivity contribution in [3.8, 4) is 0 Å². The Balaban J connectivity index is 2.78. The molecule has 0 heterocycles. The van der Waals surface area contributed by atoms with E-state index in [2.05, 4.69) is 5.32 Å². The Labute approximate surface area is 107 Å². The van der Waals surface area contributed by atoms with Crippen LogP contribution in [-0.2, 0) is 0 Å². The molecule has 0 aromatic heterocycles. The molecule has 0 aliphatic rings. The van der Waals surface area contributed by atoms with Gasteiger partial charge in [-0.1, -0.05) is 31.5 Å². The molecule has 0 saturated carbocycles. The number of halogens is 2. The van der Waals surface area contributed by atoms with E-state index < -0.39 is 0 Å². The van der Waals surface area contributed by atoms with E-state index >= 15 is 0 Å². The standard InChI is InChI=1S/C13H19ClFNO/c1-8(2)13(7-17)16-9(3)11-5-4-10(15)6-12(11)14/h4-6,8-9,13,16-17H,7H2,1-3H3/t9?,13-/m1/s1. The van der Waals surface area contributed by atoms with Crippen LogP contribution in [0.5, 0.6) is 0 Å². The monoisotopic (exact) mass is 259 g/mol. The van der Waals surface area contributed by atoms with E-state index in [0.717, 1.165) is 5.56 Å². The topological polar surface area (TPSA) is 32.3 Å². The van der Waals surface area contributed by atoms with Crippen molar-refractivity contribution in [3.63, 3.8) is 0 Å². The van der Waals surface area contributed by atoms with Gasteiger partial charge in [0, 0.05) is 17.1 Å². The van der Waals surface area contributed by atoms with Gasteiger partial charge in [-0.25, -0.2) is 4.39 Å². The van der Waals surface area contributed by atoms with Crippen molar-refractivity contribution in [1.29, 1.82) is 0 Å². The van der Waals surface area contributed by atoms with Crippen LogP contribution in [0.3, 0.4) is 0 Å². The van der Waals surface area contributed by atoms with Crippen LogP contribution in [0.4, 0.5) is 4.39 Å². The fourth-order valence-electron chi connectivity index (χ4n) is 1.72. The molecule has 0 spiro atoms. The molecule has 0 saturated heterocycles.